The predicted molar refractivity (Wildman–Crippen MR) is 137 cm³/mol. The van der Waals surface area contributed by atoms with E-state index in [1.165, 1.54) is 4.31 Å². The van der Waals surface area contributed by atoms with Crippen LogP contribution in [0.25, 0.3) is 11.1 Å². The van der Waals surface area contributed by atoms with Crippen molar-refractivity contribution in [3.63, 3.8) is 0 Å². The lowest BCUT2D eigenvalue weighted by Gasteiger charge is -2.17. The van der Waals surface area contributed by atoms with Crippen LogP contribution < -0.4 is 9.62 Å². The molecule has 5 rings (SSSR count). The van der Waals surface area contributed by atoms with Gasteiger partial charge in [-0.15, -0.1) is 0 Å². The standard InChI is InChI=1S/C27H26N4O3S/c32-27(23-7-3-8-25(18-23)31-16-5-17-35(31,33)34)28-19-24-6-1-2-9-26(24)22-12-10-21(11-13-22)20-30-15-4-14-29-30/h1-4,6-15,18H,5,16-17,19-20H2,(H,28,32). The third-order valence-corrected chi connectivity index (χ3v) is 7.99. The summed E-state index contributed by atoms with van der Waals surface area (Å²) in [7, 11) is -3.30. The lowest BCUT2D eigenvalue weighted by atomic mass is 9.98. The number of carbonyl (C=O) groups is 1. The van der Waals surface area contributed by atoms with Gasteiger partial charge in [-0.1, -0.05) is 54.6 Å². The molecular weight excluding hydrogens is 460 g/mol. The number of rotatable bonds is 7. The first-order valence-electron chi connectivity index (χ1n) is 11.5. The molecular formula is C27H26N4O3S. The van der Waals surface area contributed by atoms with E-state index in [0.717, 1.165) is 22.3 Å². The lowest BCUT2D eigenvalue weighted by molar-refractivity contribution is 0.0951. The van der Waals surface area contributed by atoms with Crippen LogP contribution in [0, 0.1) is 0 Å². The fraction of sp³-hybridized carbons (Fsp3) is 0.185. The zero-order valence-electron chi connectivity index (χ0n) is 19.2. The van der Waals surface area contributed by atoms with Gasteiger partial charge in [0.15, 0.2) is 0 Å². The zero-order valence-corrected chi connectivity index (χ0v) is 20.0. The molecule has 8 heteroatoms. The molecule has 1 amide bonds. The minimum atomic E-state index is -3.30. The molecule has 7 nitrogen and oxygen atoms in total. The summed E-state index contributed by atoms with van der Waals surface area (Å²) < 4.78 is 27.8. The number of hydrogen-bond donors (Lipinski definition) is 1. The van der Waals surface area contributed by atoms with Crippen LogP contribution in [0.2, 0.25) is 0 Å². The molecule has 1 aromatic heterocycles. The van der Waals surface area contributed by atoms with Crippen LogP contribution in [0.5, 0.6) is 0 Å². The maximum absolute atomic E-state index is 12.9. The maximum Gasteiger partial charge on any atom is 0.251 e. The SMILES string of the molecule is O=C(NCc1ccccc1-c1ccc(Cn2cccn2)cc1)c1cccc(N2CCCS2(=O)=O)c1. The van der Waals surface area contributed by atoms with Gasteiger partial charge in [0.2, 0.25) is 10.0 Å². The average Bonchev–Trinajstić information content (AvgIpc) is 3.52. The molecule has 0 atom stereocenters. The number of carbonyl (C=O) groups excluding carboxylic acids is 1. The molecule has 35 heavy (non-hydrogen) atoms. The van der Waals surface area contributed by atoms with E-state index in [4.69, 9.17) is 0 Å². The number of aromatic nitrogens is 2. The van der Waals surface area contributed by atoms with Gasteiger partial charge in [0.1, 0.15) is 0 Å². The quantitative estimate of drug-likeness (QED) is 0.427. The molecule has 2 heterocycles. The van der Waals surface area contributed by atoms with E-state index in [1.807, 2.05) is 41.2 Å². The van der Waals surface area contributed by atoms with Crippen LogP contribution in [0.4, 0.5) is 5.69 Å². The summed E-state index contributed by atoms with van der Waals surface area (Å²) in [4.78, 5) is 12.9. The highest BCUT2D eigenvalue weighted by atomic mass is 32.2. The van der Waals surface area contributed by atoms with Gasteiger partial charge in [0.25, 0.3) is 5.91 Å². The summed E-state index contributed by atoms with van der Waals surface area (Å²) in [6, 6.07) is 25.0. The first-order valence-corrected chi connectivity index (χ1v) is 13.1. The third kappa shape index (κ3) is 5.12. The lowest BCUT2D eigenvalue weighted by Crippen LogP contribution is -2.26. The van der Waals surface area contributed by atoms with Crippen LogP contribution in [0.3, 0.4) is 0 Å². The van der Waals surface area contributed by atoms with E-state index in [0.29, 0.717) is 37.3 Å². The van der Waals surface area contributed by atoms with Crippen molar-refractivity contribution in [1.29, 1.82) is 0 Å². The van der Waals surface area contributed by atoms with Crippen LogP contribution in [-0.4, -0.2) is 36.4 Å². The molecule has 3 aromatic carbocycles. The second-order valence-electron chi connectivity index (χ2n) is 8.53. The van der Waals surface area contributed by atoms with Crippen LogP contribution >= 0.6 is 0 Å². The Morgan fingerprint density at radius 3 is 2.54 bits per heavy atom. The molecule has 0 aliphatic carbocycles. The molecule has 4 aromatic rings. The van der Waals surface area contributed by atoms with Gasteiger partial charge < -0.3 is 5.32 Å². The van der Waals surface area contributed by atoms with Gasteiger partial charge >= 0.3 is 0 Å². The van der Waals surface area contributed by atoms with Gasteiger partial charge in [-0.25, -0.2) is 8.42 Å². The normalized spacial score (nSPS) is 14.7. The fourth-order valence-electron chi connectivity index (χ4n) is 4.34. The van der Waals surface area contributed by atoms with Crippen molar-refractivity contribution >= 4 is 21.6 Å². The minimum Gasteiger partial charge on any atom is -0.348 e. The zero-order chi connectivity index (χ0) is 24.3. The fourth-order valence-corrected chi connectivity index (χ4v) is 5.89. The van der Waals surface area contributed by atoms with Crippen LogP contribution in [0.1, 0.15) is 27.9 Å². The molecule has 178 valence electrons. The molecule has 1 fully saturated rings. The third-order valence-electron chi connectivity index (χ3n) is 6.12. The average molecular weight is 487 g/mol. The first-order chi connectivity index (χ1) is 17.0. The molecule has 1 saturated heterocycles. The highest BCUT2D eigenvalue weighted by Crippen LogP contribution is 2.26. The monoisotopic (exact) mass is 486 g/mol. The second-order valence-corrected chi connectivity index (χ2v) is 10.5. The van der Waals surface area contributed by atoms with E-state index in [2.05, 4.69) is 34.7 Å². The summed E-state index contributed by atoms with van der Waals surface area (Å²) in [6.07, 6.45) is 4.30. The number of benzene rings is 3. The molecule has 0 radical (unpaired) electrons. The Hall–Kier alpha value is -3.91. The van der Waals surface area contributed by atoms with Crippen molar-refractivity contribution in [3.8, 4) is 11.1 Å². The Morgan fingerprint density at radius 2 is 1.80 bits per heavy atom. The Balaban J connectivity index is 1.29. The Kier molecular flexibility index (Phi) is 6.37. The number of sulfonamides is 1. The first kappa shape index (κ1) is 22.9. The molecule has 1 aliphatic heterocycles. The van der Waals surface area contributed by atoms with Crippen molar-refractivity contribution in [2.24, 2.45) is 0 Å². The molecule has 1 aliphatic rings. The summed E-state index contributed by atoms with van der Waals surface area (Å²) in [5.41, 5.74) is 5.24. The van der Waals surface area contributed by atoms with Crippen molar-refractivity contribution in [1.82, 2.24) is 15.1 Å². The van der Waals surface area contributed by atoms with E-state index in [-0.39, 0.29) is 11.7 Å². The Morgan fingerprint density at radius 1 is 0.971 bits per heavy atom. The van der Waals surface area contributed by atoms with E-state index < -0.39 is 10.0 Å². The van der Waals surface area contributed by atoms with Crippen LogP contribution in [-0.2, 0) is 23.1 Å². The Bertz CT molecular complexity index is 1430. The maximum atomic E-state index is 12.9. The molecule has 0 unspecified atom stereocenters. The van der Waals surface area contributed by atoms with Gasteiger partial charge in [-0.2, -0.15) is 5.10 Å². The van der Waals surface area contributed by atoms with Crippen molar-refractivity contribution < 1.29 is 13.2 Å². The summed E-state index contributed by atoms with van der Waals surface area (Å²) in [5.74, 6) is -0.0995. The highest BCUT2D eigenvalue weighted by Gasteiger charge is 2.28. The number of amides is 1. The minimum absolute atomic E-state index is 0.143. The van der Waals surface area contributed by atoms with Crippen molar-refractivity contribution in [2.75, 3.05) is 16.6 Å². The van der Waals surface area contributed by atoms with Crippen molar-refractivity contribution in [2.45, 2.75) is 19.5 Å². The topological polar surface area (TPSA) is 84.3 Å². The van der Waals surface area contributed by atoms with Gasteiger partial charge in [-0.3, -0.25) is 13.8 Å². The second kappa shape index (κ2) is 9.76. The largest absolute Gasteiger partial charge is 0.348 e. The van der Waals surface area contributed by atoms with Gasteiger partial charge in [-0.05, 0) is 52.9 Å². The molecule has 0 spiro atoms. The molecule has 0 bridgehead atoms. The van der Waals surface area contributed by atoms with E-state index in [9.17, 15) is 13.2 Å². The highest BCUT2D eigenvalue weighted by molar-refractivity contribution is 7.93. The van der Waals surface area contributed by atoms with Crippen LogP contribution in [0.15, 0.2) is 91.3 Å². The predicted octanol–water partition coefficient (Wildman–Crippen LogP) is 4.07. The summed E-state index contributed by atoms with van der Waals surface area (Å²) in [5, 5.41) is 7.24. The number of hydrogen-bond acceptors (Lipinski definition) is 4. The number of nitrogens with one attached hydrogen (secondary N) is 1. The van der Waals surface area contributed by atoms with E-state index in [1.54, 1.807) is 30.5 Å². The summed E-state index contributed by atoms with van der Waals surface area (Å²) in [6.45, 7) is 1.51. The number of nitrogens with zero attached hydrogens (tertiary/aromatic N) is 3. The van der Waals surface area contributed by atoms with Crippen molar-refractivity contribution in [3.05, 3.63) is 108 Å². The molecule has 0 saturated carbocycles. The van der Waals surface area contributed by atoms with E-state index >= 15 is 0 Å². The number of anilines is 1. The Labute approximate surface area is 205 Å². The van der Waals surface area contributed by atoms with Gasteiger partial charge in [0.05, 0.1) is 18.0 Å². The summed E-state index contributed by atoms with van der Waals surface area (Å²) >= 11 is 0. The molecule has 1 N–H and O–H groups in total. The smallest absolute Gasteiger partial charge is 0.251 e. The van der Waals surface area contributed by atoms with Gasteiger partial charge in [0, 0.05) is 31.0 Å².